The van der Waals surface area contributed by atoms with Crippen molar-refractivity contribution in [1.82, 2.24) is 5.16 Å². The zero-order valence-electron chi connectivity index (χ0n) is 20.5. The molecule has 0 atom stereocenters. The van der Waals surface area contributed by atoms with E-state index in [1.54, 1.807) is 55.5 Å². The maximum Gasteiger partial charge on any atom is 0.419 e. The zero-order valence-corrected chi connectivity index (χ0v) is 20.5. The van der Waals surface area contributed by atoms with Gasteiger partial charge in [0, 0.05) is 5.56 Å². The Balaban J connectivity index is 1.76. The van der Waals surface area contributed by atoms with Crippen LogP contribution in [0.15, 0.2) is 77.3 Å². The van der Waals surface area contributed by atoms with Gasteiger partial charge in [-0.2, -0.15) is 13.2 Å². The molecule has 0 fully saturated rings. The summed E-state index contributed by atoms with van der Waals surface area (Å²) in [6.07, 6.45) is -5.81. The number of halogens is 3. The molecule has 0 aliphatic rings. The van der Waals surface area contributed by atoms with Crippen molar-refractivity contribution in [3.63, 3.8) is 0 Å². The van der Waals surface area contributed by atoms with Gasteiger partial charge in [0.2, 0.25) is 0 Å². The number of ether oxygens (including phenoxy) is 1. The molecule has 0 aliphatic heterocycles. The van der Waals surface area contributed by atoms with Gasteiger partial charge in [-0.15, -0.1) is 0 Å². The van der Waals surface area contributed by atoms with E-state index < -0.39 is 29.5 Å². The molecule has 0 saturated heterocycles. The standard InChI is InChI=1S/C28H23F3N2O5/c1-3-37-27(36)33(23-7-5-4-6-22(23)28(29,30)31)25-17(2)32-38-26(25)21-14-12-20(13-15-21)19-10-8-18(9-11-19)16-24(34)35/h4-15H,3,16H2,1-2H3,(H,34,35). The van der Waals surface area contributed by atoms with Crippen LogP contribution in [0.4, 0.5) is 29.3 Å². The highest BCUT2D eigenvalue weighted by Gasteiger charge is 2.38. The molecule has 38 heavy (non-hydrogen) atoms. The van der Waals surface area contributed by atoms with E-state index in [4.69, 9.17) is 14.4 Å². The van der Waals surface area contributed by atoms with Crippen LogP contribution in [0.25, 0.3) is 22.5 Å². The minimum atomic E-state index is -4.73. The number of rotatable bonds is 7. The first-order valence-electron chi connectivity index (χ1n) is 11.6. The number of aryl methyl sites for hydroxylation is 1. The molecule has 1 N–H and O–H groups in total. The highest BCUT2D eigenvalue weighted by atomic mass is 19.4. The molecule has 4 aromatic rings. The number of aliphatic carboxylic acids is 1. The Morgan fingerprint density at radius 1 is 0.947 bits per heavy atom. The fraction of sp³-hybridized carbons (Fsp3) is 0.179. The number of carboxylic acids is 1. The molecule has 0 saturated carbocycles. The van der Waals surface area contributed by atoms with Gasteiger partial charge in [-0.05, 0) is 42.7 Å². The lowest BCUT2D eigenvalue weighted by atomic mass is 10.0. The lowest BCUT2D eigenvalue weighted by molar-refractivity contribution is -0.137. The van der Waals surface area contributed by atoms with Crippen molar-refractivity contribution in [1.29, 1.82) is 0 Å². The Kier molecular flexibility index (Phi) is 7.52. The number of carbonyl (C=O) groups excluding carboxylic acids is 1. The molecule has 0 aliphatic carbocycles. The molecule has 0 spiro atoms. The second-order valence-corrected chi connectivity index (χ2v) is 8.34. The Bertz CT molecular complexity index is 1440. The summed E-state index contributed by atoms with van der Waals surface area (Å²) in [6, 6.07) is 18.7. The first-order chi connectivity index (χ1) is 18.1. The third kappa shape index (κ3) is 5.54. The van der Waals surface area contributed by atoms with Crippen molar-refractivity contribution in [3.05, 3.63) is 89.6 Å². The van der Waals surface area contributed by atoms with Crippen LogP contribution in [0, 0.1) is 6.92 Å². The Morgan fingerprint density at radius 2 is 1.53 bits per heavy atom. The molecule has 1 aromatic heterocycles. The van der Waals surface area contributed by atoms with Crippen molar-refractivity contribution < 1.29 is 37.1 Å². The van der Waals surface area contributed by atoms with Crippen LogP contribution in [0.5, 0.6) is 0 Å². The van der Waals surface area contributed by atoms with Gasteiger partial charge in [0.05, 0.1) is 24.3 Å². The molecule has 1 heterocycles. The van der Waals surface area contributed by atoms with Crippen LogP contribution in [-0.4, -0.2) is 28.9 Å². The van der Waals surface area contributed by atoms with Crippen molar-refractivity contribution in [2.24, 2.45) is 0 Å². The van der Waals surface area contributed by atoms with E-state index in [2.05, 4.69) is 5.16 Å². The molecule has 0 unspecified atom stereocenters. The minimum Gasteiger partial charge on any atom is -0.481 e. The van der Waals surface area contributed by atoms with Gasteiger partial charge < -0.3 is 14.4 Å². The maximum atomic E-state index is 13.9. The molecular weight excluding hydrogens is 501 g/mol. The fourth-order valence-electron chi connectivity index (χ4n) is 4.03. The van der Waals surface area contributed by atoms with E-state index in [1.165, 1.54) is 25.1 Å². The van der Waals surface area contributed by atoms with Crippen LogP contribution in [0.3, 0.4) is 0 Å². The molecule has 196 valence electrons. The van der Waals surface area contributed by atoms with Crippen LogP contribution in [-0.2, 0) is 22.1 Å². The number of hydrogen-bond donors (Lipinski definition) is 1. The molecule has 1 amide bonds. The predicted molar refractivity (Wildman–Crippen MR) is 134 cm³/mol. The number of nitrogens with zero attached hydrogens (tertiary/aromatic N) is 2. The van der Waals surface area contributed by atoms with E-state index >= 15 is 0 Å². The summed E-state index contributed by atoms with van der Waals surface area (Å²) in [5.74, 6) is -0.828. The average molecular weight is 524 g/mol. The fourth-order valence-corrected chi connectivity index (χ4v) is 4.03. The van der Waals surface area contributed by atoms with Crippen molar-refractivity contribution >= 4 is 23.4 Å². The monoisotopic (exact) mass is 524 g/mol. The van der Waals surface area contributed by atoms with Crippen LogP contribution in [0.2, 0.25) is 0 Å². The normalized spacial score (nSPS) is 11.3. The molecule has 10 heteroatoms. The summed E-state index contributed by atoms with van der Waals surface area (Å²) in [4.78, 5) is 24.8. The molecule has 3 aromatic carbocycles. The van der Waals surface area contributed by atoms with E-state index in [9.17, 15) is 22.8 Å². The summed E-state index contributed by atoms with van der Waals surface area (Å²) < 4.78 is 52.2. The quantitative estimate of drug-likeness (QED) is 0.274. The van der Waals surface area contributed by atoms with Gasteiger partial charge >= 0.3 is 18.2 Å². The average Bonchev–Trinajstić information content (AvgIpc) is 3.25. The second kappa shape index (κ2) is 10.8. The van der Waals surface area contributed by atoms with Gasteiger partial charge in [-0.3, -0.25) is 4.79 Å². The van der Waals surface area contributed by atoms with Crippen LogP contribution < -0.4 is 4.90 Å². The number of amides is 1. The highest BCUT2D eigenvalue weighted by molar-refractivity contribution is 6.01. The molecule has 0 bridgehead atoms. The number of carbonyl (C=O) groups is 2. The van der Waals surface area contributed by atoms with E-state index in [0.717, 1.165) is 22.1 Å². The van der Waals surface area contributed by atoms with E-state index in [0.29, 0.717) is 11.1 Å². The molecule has 7 nitrogen and oxygen atoms in total. The Labute approximate surface area is 216 Å². The summed E-state index contributed by atoms with van der Waals surface area (Å²) in [6.45, 7) is 3.03. The first-order valence-corrected chi connectivity index (χ1v) is 11.6. The second-order valence-electron chi connectivity index (χ2n) is 8.34. The third-order valence-electron chi connectivity index (χ3n) is 5.75. The SMILES string of the molecule is CCOC(=O)N(c1ccccc1C(F)(F)F)c1c(C)noc1-c1ccc(-c2ccc(CC(=O)O)cc2)cc1. The predicted octanol–water partition coefficient (Wildman–Crippen LogP) is 7.26. The van der Waals surface area contributed by atoms with E-state index in [1.807, 2.05) is 0 Å². The van der Waals surface area contributed by atoms with Gasteiger partial charge in [0.25, 0.3) is 0 Å². The van der Waals surface area contributed by atoms with E-state index in [-0.39, 0.29) is 30.2 Å². The molecular formula is C28H23F3N2O5. The van der Waals surface area contributed by atoms with Gasteiger partial charge in [-0.1, -0.05) is 65.8 Å². The zero-order chi connectivity index (χ0) is 27.4. The number of aromatic nitrogens is 1. The van der Waals surface area contributed by atoms with Gasteiger partial charge in [0.1, 0.15) is 11.4 Å². The number of hydrogen-bond acceptors (Lipinski definition) is 5. The lowest BCUT2D eigenvalue weighted by Crippen LogP contribution is -2.29. The largest absolute Gasteiger partial charge is 0.481 e. The third-order valence-corrected chi connectivity index (χ3v) is 5.75. The van der Waals surface area contributed by atoms with Crippen LogP contribution >= 0.6 is 0 Å². The summed E-state index contributed by atoms with van der Waals surface area (Å²) in [5, 5.41) is 12.9. The van der Waals surface area contributed by atoms with Gasteiger partial charge in [-0.25, -0.2) is 9.69 Å². The number of carboxylic acid groups (broad SMARTS) is 1. The number of anilines is 2. The number of alkyl halides is 3. The van der Waals surface area contributed by atoms with Crippen molar-refractivity contribution in [3.8, 4) is 22.5 Å². The maximum absolute atomic E-state index is 13.9. The Morgan fingerprint density at radius 3 is 2.11 bits per heavy atom. The van der Waals surface area contributed by atoms with Crippen LogP contribution in [0.1, 0.15) is 23.7 Å². The highest BCUT2D eigenvalue weighted by Crippen LogP contribution is 2.44. The molecule has 4 rings (SSSR count). The number of para-hydroxylation sites is 1. The Hall–Kier alpha value is -4.60. The first kappa shape index (κ1) is 26.5. The summed E-state index contributed by atoms with van der Waals surface area (Å²) in [7, 11) is 0. The smallest absolute Gasteiger partial charge is 0.419 e. The summed E-state index contributed by atoms with van der Waals surface area (Å²) >= 11 is 0. The lowest BCUT2D eigenvalue weighted by Gasteiger charge is -2.25. The minimum absolute atomic E-state index is 0.0333. The van der Waals surface area contributed by atoms with Crippen molar-refractivity contribution in [2.45, 2.75) is 26.4 Å². The van der Waals surface area contributed by atoms with Crippen molar-refractivity contribution in [2.75, 3.05) is 11.5 Å². The number of benzene rings is 3. The summed E-state index contributed by atoms with van der Waals surface area (Å²) in [5.41, 5.74) is 1.60. The topological polar surface area (TPSA) is 92.9 Å². The molecule has 0 radical (unpaired) electrons. The van der Waals surface area contributed by atoms with Gasteiger partial charge in [0.15, 0.2) is 5.76 Å².